The SMILES string of the molecule is COc1ccc(S(=O)(=O)NC(C)CN)c(C)c1OC. The largest absolute Gasteiger partial charge is 0.493 e. The van der Waals surface area contributed by atoms with Gasteiger partial charge in [-0.05, 0) is 26.0 Å². The average molecular weight is 288 g/mol. The van der Waals surface area contributed by atoms with Gasteiger partial charge in [-0.1, -0.05) is 0 Å². The average Bonchev–Trinajstić information content (AvgIpc) is 2.37. The molecule has 19 heavy (non-hydrogen) atoms. The highest BCUT2D eigenvalue weighted by atomic mass is 32.2. The van der Waals surface area contributed by atoms with E-state index in [0.717, 1.165) is 0 Å². The first-order chi connectivity index (χ1) is 8.87. The van der Waals surface area contributed by atoms with Crippen LogP contribution < -0.4 is 19.9 Å². The zero-order valence-corrected chi connectivity index (χ0v) is 12.4. The number of methoxy groups -OCH3 is 2. The van der Waals surface area contributed by atoms with Crippen LogP contribution in [0.1, 0.15) is 12.5 Å². The first-order valence-corrected chi connectivity index (χ1v) is 7.29. The molecule has 0 heterocycles. The van der Waals surface area contributed by atoms with Gasteiger partial charge < -0.3 is 15.2 Å². The van der Waals surface area contributed by atoms with Crippen molar-refractivity contribution in [2.75, 3.05) is 20.8 Å². The highest BCUT2D eigenvalue weighted by Crippen LogP contribution is 2.34. The van der Waals surface area contributed by atoms with Crippen LogP contribution in [-0.4, -0.2) is 35.2 Å². The minimum absolute atomic E-state index is 0.158. The summed E-state index contributed by atoms with van der Waals surface area (Å²) >= 11 is 0. The van der Waals surface area contributed by atoms with Crippen molar-refractivity contribution in [1.29, 1.82) is 0 Å². The maximum absolute atomic E-state index is 12.2. The molecular weight excluding hydrogens is 268 g/mol. The molecule has 0 aliphatic rings. The van der Waals surface area contributed by atoms with Crippen LogP contribution >= 0.6 is 0 Å². The minimum atomic E-state index is -3.63. The number of rotatable bonds is 6. The van der Waals surface area contributed by atoms with Crippen molar-refractivity contribution in [2.24, 2.45) is 5.73 Å². The van der Waals surface area contributed by atoms with Gasteiger partial charge in [0.1, 0.15) is 0 Å². The fraction of sp³-hybridized carbons (Fsp3) is 0.500. The van der Waals surface area contributed by atoms with Gasteiger partial charge in [0.2, 0.25) is 10.0 Å². The number of nitrogens with one attached hydrogen (secondary N) is 1. The van der Waals surface area contributed by atoms with Crippen molar-refractivity contribution in [1.82, 2.24) is 4.72 Å². The van der Waals surface area contributed by atoms with Crippen molar-refractivity contribution in [2.45, 2.75) is 24.8 Å². The van der Waals surface area contributed by atoms with Gasteiger partial charge in [-0.2, -0.15) is 0 Å². The quantitative estimate of drug-likeness (QED) is 0.801. The zero-order chi connectivity index (χ0) is 14.6. The number of nitrogens with two attached hydrogens (primary N) is 1. The first kappa shape index (κ1) is 15.7. The maximum atomic E-state index is 12.2. The van der Waals surface area contributed by atoms with Crippen LogP contribution in [0.3, 0.4) is 0 Å². The van der Waals surface area contributed by atoms with E-state index in [9.17, 15) is 8.42 Å². The summed E-state index contributed by atoms with van der Waals surface area (Å²) in [6, 6.07) is 2.72. The summed E-state index contributed by atoms with van der Waals surface area (Å²) in [5.41, 5.74) is 5.92. The third-order valence-corrected chi connectivity index (χ3v) is 4.48. The second-order valence-corrected chi connectivity index (χ2v) is 5.86. The first-order valence-electron chi connectivity index (χ1n) is 5.81. The minimum Gasteiger partial charge on any atom is -0.493 e. The molecule has 108 valence electrons. The van der Waals surface area contributed by atoms with Crippen LogP contribution in [0.5, 0.6) is 11.5 Å². The van der Waals surface area contributed by atoms with Gasteiger partial charge in [0.25, 0.3) is 0 Å². The van der Waals surface area contributed by atoms with Gasteiger partial charge in [0, 0.05) is 18.2 Å². The number of hydrogen-bond donors (Lipinski definition) is 2. The van der Waals surface area contributed by atoms with E-state index in [1.807, 2.05) is 0 Å². The van der Waals surface area contributed by atoms with E-state index >= 15 is 0 Å². The van der Waals surface area contributed by atoms with Gasteiger partial charge in [-0.15, -0.1) is 0 Å². The Balaban J connectivity index is 3.29. The van der Waals surface area contributed by atoms with Gasteiger partial charge in [-0.25, -0.2) is 13.1 Å². The summed E-state index contributed by atoms with van der Waals surface area (Å²) in [5.74, 6) is 0.900. The van der Waals surface area contributed by atoms with Crippen molar-refractivity contribution < 1.29 is 17.9 Å². The van der Waals surface area contributed by atoms with Crippen LogP contribution in [0.25, 0.3) is 0 Å². The number of benzene rings is 1. The van der Waals surface area contributed by atoms with Crippen molar-refractivity contribution >= 4 is 10.0 Å². The number of ether oxygens (including phenoxy) is 2. The molecule has 0 spiro atoms. The van der Waals surface area contributed by atoms with Crippen molar-refractivity contribution in [3.63, 3.8) is 0 Å². The molecule has 0 aromatic heterocycles. The van der Waals surface area contributed by atoms with Crippen LogP contribution in [0.15, 0.2) is 17.0 Å². The molecule has 6 nitrogen and oxygen atoms in total. The summed E-state index contributed by atoms with van der Waals surface area (Å²) in [7, 11) is -0.656. The summed E-state index contributed by atoms with van der Waals surface area (Å²) < 4.78 is 37.3. The van der Waals surface area contributed by atoms with Gasteiger partial charge in [-0.3, -0.25) is 0 Å². The third kappa shape index (κ3) is 3.37. The van der Waals surface area contributed by atoms with E-state index < -0.39 is 10.0 Å². The van der Waals surface area contributed by atoms with Gasteiger partial charge >= 0.3 is 0 Å². The predicted octanol–water partition coefficient (Wildman–Crippen LogP) is 0.638. The number of sulfonamides is 1. The van der Waals surface area contributed by atoms with E-state index in [1.165, 1.54) is 20.3 Å². The summed E-state index contributed by atoms with van der Waals surface area (Å²) in [4.78, 5) is 0.158. The molecule has 1 aromatic carbocycles. The topological polar surface area (TPSA) is 90.7 Å². The zero-order valence-electron chi connectivity index (χ0n) is 11.6. The Bertz CT molecular complexity index is 543. The Morgan fingerprint density at radius 1 is 1.32 bits per heavy atom. The molecule has 0 aliphatic heterocycles. The Labute approximate surface area is 113 Å². The Kier molecular flexibility index (Phi) is 5.16. The lowest BCUT2D eigenvalue weighted by Gasteiger charge is -2.17. The van der Waals surface area contributed by atoms with Crippen LogP contribution in [0, 0.1) is 6.92 Å². The monoisotopic (exact) mass is 288 g/mol. The van der Waals surface area contributed by atoms with E-state index in [2.05, 4.69) is 4.72 Å². The van der Waals surface area contributed by atoms with E-state index in [1.54, 1.807) is 19.9 Å². The normalized spacial score (nSPS) is 13.1. The molecule has 3 N–H and O–H groups in total. The standard InChI is InChI=1S/C12H20N2O4S/c1-8(7-13)14-19(15,16)11-6-5-10(17-3)12(18-4)9(11)2/h5-6,8,14H,7,13H2,1-4H3. The molecule has 0 fully saturated rings. The molecule has 1 unspecified atom stereocenters. The molecular formula is C12H20N2O4S. The lowest BCUT2D eigenvalue weighted by atomic mass is 10.2. The molecule has 7 heteroatoms. The fourth-order valence-electron chi connectivity index (χ4n) is 1.73. The summed E-state index contributed by atoms with van der Waals surface area (Å²) in [6.07, 6.45) is 0. The second kappa shape index (κ2) is 6.23. The lowest BCUT2D eigenvalue weighted by Crippen LogP contribution is -2.38. The Morgan fingerprint density at radius 2 is 1.95 bits per heavy atom. The van der Waals surface area contributed by atoms with E-state index in [4.69, 9.17) is 15.2 Å². The summed E-state index contributed by atoms with van der Waals surface area (Å²) in [5, 5.41) is 0. The van der Waals surface area contributed by atoms with Crippen LogP contribution in [-0.2, 0) is 10.0 Å². The molecule has 0 bridgehead atoms. The molecule has 1 atom stereocenters. The van der Waals surface area contributed by atoms with E-state index in [-0.39, 0.29) is 17.5 Å². The molecule has 0 amide bonds. The molecule has 1 rings (SSSR count). The Hall–Kier alpha value is -1.31. The van der Waals surface area contributed by atoms with E-state index in [0.29, 0.717) is 17.1 Å². The fourth-order valence-corrected chi connectivity index (χ4v) is 3.23. The highest BCUT2D eigenvalue weighted by Gasteiger charge is 2.22. The van der Waals surface area contributed by atoms with Crippen molar-refractivity contribution in [3.8, 4) is 11.5 Å². The van der Waals surface area contributed by atoms with Crippen LogP contribution in [0.2, 0.25) is 0 Å². The second-order valence-electron chi connectivity index (χ2n) is 4.18. The molecule has 0 aliphatic carbocycles. The maximum Gasteiger partial charge on any atom is 0.241 e. The van der Waals surface area contributed by atoms with Crippen molar-refractivity contribution in [3.05, 3.63) is 17.7 Å². The highest BCUT2D eigenvalue weighted by molar-refractivity contribution is 7.89. The lowest BCUT2D eigenvalue weighted by molar-refractivity contribution is 0.351. The Morgan fingerprint density at radius 3 is 2.42 bits per heavy atom. The van der Waals surface area contributed by atoms with Crippen LogP contribution in [0.4, 0.5) is 0 Å². The third-order valence-electron chi connectivity index (χ3n) is 2.74. The smallest absolute Gasteiger partial charge is 0.241 e. The molecule has 0 saturated carbocycles. The van der Waals surface area contributed by atoms with Gasteiger partial charge in [0.05, 0.1) is 19.1 Å². The molecule has 0 saturated heterocycles. The molecule has 0 radical (unpaired) electrons. The van der Waals surface area contributed by atoms with Gasteiger partial charge in [0.15, 0.2) is 11.5 Å². The predicted molar refractivity (Wildman–Crippen MR) is 73.1 cm³/mol. The number of hydrogen-bond acceptors (Lipinski definition) is 5. The molecule has 1 aromatic rings. The summed E-state index contributed by atoms with van der Waals surface area (Å²) in [6.45, 7) is 3.60.